The number of para-hydroxylation sites is 2. The second-order valence-corrected chi connectivity index (χ2v) is 14.9. The van der Waals surface area contributed by atoms with Crippen molar-refractivity contribution < 1.29 is 4.42 Å². The highest BCUT2D eigenvalue weighted by Gasteiger charge is 2.20. The zero-order chi connectivity index (χ0) is 39.8. The number of hydrogen-bond acceptors (Lipinski definition) is 5. The average molecular weight is 769 g/mol. The van der Waals surface area contributed by atoms with Crippen LogP contribution < -0.4 is 4.90 Å². The Bertz CT molecular complexity index is 3240. The van der Waals surface area contributed by atoms with Gasteiger partial charge in [0.1, 0.15) is 11.2 Å². The van der Waals surface area contributed by atoms with Gasteiger partial charge in [0.15, 0.2) is 17.5 Å². The number of furan rings is 1. The van der Waals surface area contributed by atoms with Crippen LogP contribution in [0.1, 0.15) is 0 Å². The molecule has 0 amide bonds. The van der Waals surface area contributed by atoms with Crippen LogP contribution in [0.4, 0.5) is 17.1 Å². The number of nitrogens with zero attached hydrogens (tertiary/aromatic N) is 4. The van der Waals surface area contributed by atoms with E-state index in [9.17, 15) is 0 Å². The predicted octanol–water partition coefficient (Wildman–Crippen LogP) is 14.7. The number of hydrogen-bond donors (Lipinski definition) is 0. The first kappa shape index (κ1) is 35.0. The van der Waals surface area contributed by atoms with Gasteiger partial charge in [-0.3, -0.25) is 0 Å². The van der Waals surface area contributed by atoms with Crippen molar-refractivity contribution in [3.8, 4) is 56.4 Å². The quantitative estimate of drug-likeness (QED) is 0.154. The first-order chi connectivity index (χ1) is 29.7. The van der Waals surface area contributed by atoms with Crippen LogP contribution in [0, 0.1) is 0 Å². The topological polar surface area (TPSA) is 55.1 Å². The minimum atomic E-state index is 0.630. The van der Waals surface area contributed by atoms with Crippen molar-refractivity contribution in [2.75, 3.05) is 4.90 Å². The Morgan fingerprint density at radius 2 is 0.783 bits per heavy atom. The van der Waals surface area contributed by atoms with Crippen LogP contribution in [0.25, 0.3) is 89.1 Å². The molecule has 282 valence electrons. The largest absolute Gasteiger partial charge is 0.456 e. The Balaban J connectivity index is 1.04. The molecule has 0 saturated carbocycles. The maximum Gasteiger partial charge on any atom is 0.164 e. The molecule has 0 N–H and O–H groups in total. The molecule has 0 radical (unpaired) electrons. The van der Waals surface area contributed by atoms with Gasteiger partial charge in [0.25, 0.3) is 0 Å². The summed E-state index contributed by atoms with van der Waals surface area (Å²) >= 11 is 0. The number of benzene rings is 9. The first-order valence-electron chi connectivity index (χ1n) is 20.1. The summed E-state index contributed by atoms with van der Waals surface area (Å²) in [5.74, 6) is 1.91. The number of fused-ring (bicyclic) bond motifs is 4. The molecule has 5 heteroatoms. The second-order valence-electron chi connectivity index (χ2n) is 14.9. The molecule has 11 aromatic rings. The summed E-state index contributed by atoms with van der Waals surface area (Å²) in [4.78, 5) is 17.2. The minimum absolute atomic E-state index is 0.630. The van der Waals surface area contributed by atoms with Gasteiger partial charge in [0.2, 0.25) is 0 Å². The molecule has 0 saturated heterocycles. The summed E-state index contributed by atoms with van der Waals surface area (Å²) in [6.45, 7) is 0. The van der Waals surface area contributed by atoms with Crippen molar-refractivity contribution in [3.05, 3.63) is 218 Å². The van der Waals surface area contributed by atoms with Crippen LogP contribution in [0.3, 0.4) is 0 Å². The first-order valence-corrected chi connectivity index (χ1v) is 20.1. The van der Waals surface area contributed by atoms with Gasteiger partial charge in [-0.15, -0.1) is 0 Å². The summed E-state index contributed by atoms with van der Waals surface area (Å²) in [6.07, 6.45) is 0. The van der Waals surface area contributed by atoms with Crippen molar-refractivity contribution in [3.63, 3.8) is 0 Å². The summed E-state index contributed by atoms with van der Waals surface area (Å²) in [6, 6.07) is 75.9. The van der Waals surface area contributed by atoms with Crippen LogP contribution in [0.5, 0.6) is 0 Å². The lowest BCUT2D eigenvalue weighted by Gasteiger charge is -2.26. The Morgan fingerprint density at radius 1 is 0.317 bits per heavy atom. The van der Waals surface area contributed by atoms with Crippen LogP contribution in [0.2, 0.25) is 0 Å². The summed E-state index contributed by atoms with van der Waals surface area (Å²) in [7, 11) is 0. The molecule has 11 rings (SSSR count). The number of rotatable bonds is 8. The van der Waals surface area contributed by atoms with Gasteiger partial charge < -0.3 is 9.32 Å². The van der Waals surface area contributed by atoms with Gasteiger partial charge in [-0.05, 0) is 81.6 Å². The third kappa shape index (κ3) is 6.54. The Labute approximate surface area is 347 Å². The lowest BCUT2D eigenvalue weighted by molar-refractivity contribution is 0.669. The fourth-order valence-electron chi connectivity index (χ4n) is 8.14. The Hall–Kier alpha value is -8.15. The van der Waals surface area contributed by atoms with Crippen LogP contribution >= 0.6 is 0 Å². The summed E-state index contributed by atoms with van der Waals surface area (Å²) in [5, 5.41) is 4.37. The third-order valence-corrected chi connectivity index (χ3v) is 11.1. The lowest BCUT2D eigenvalue weighted by atomic mass is 9.95. The van der Waals surface area contributed by atoms with Gasteiger partial charge in [0, 0.05) is 44.9 Å². The van der Waals surface area contributed by atoms with E-state index in [1.54, 1.807) is 0 Å². The number of anilines is 3. The van der Waals surface area contributed by atoms with Crippen molar-refractivity contribution >= 4 is 49.8 Å². The molecular formula is C55H36N4O. The standard InChI is InChI=1S/C55H36N4O/c1-5-15-37(16-6-1)38-29-31-46(32-30-38)59(45-21-11-4-12-22-45)47-35-49(52-48-23-13-14-24-50(48)60-51(52)36-47)43-27-25-42-34-44(28-26-41(42)33-43)55-57-53(39-17-7-2-8-18-39)56-54(58-55)40-19-9-3-10-20-40/h1-36H. The van der Waals surface area contributed by atoms with Gasteiger partial charge in [-0.2, -0.15) is 0 Å². The predicted molar refractivity (Wildman–Crippen MR) is 246 cm³/mol. The van der Waals surface area contributed by atoms with E-state index in [-0.39, 0.29) is 0 Å². The molecule has 0 aliphatic carbocycles. The smallest absolute Gasteiger partial charge is 0.164 e. The molecule has 0 bridgehead atoms. The molecule has 0 aliphatic rings. The van der Waals surface area contributed by atoms with Crippen molar-refractivity contribution in [2.45, 2.75) is 0 Å². The Kier molecular flexibility index (Phi) is 8.75. The summed E-state index contributed by atoms with van der Waals surface area (Å²) < 4.78 is 6.64. The van der Waals surface area contributed by atoms with Crippen molar-refractivity contribution in [1.82, 2.24) is 15.0 Å². The molecule has 5 nitrogen and oxygen atoms in total. The van der Waals surface area contributed by atoms with E-state index in [1.165, 1.54) is 11.1 Å². The Morgan fingerprint density at radius 3 is 1.42 bits per heavy atom. The van der Waals surface area contributed by atoms with Gasteiger partial charge in [0.05, 0.1) is 5.69 Å². The molecule has 0 fully saturated rings. The fourth-order valence-corrected chi connectivity index (χ4v) is 8.14. The van der Waals surface area contributed by atoms with Gasteiger partial charge in [-0.25, -0.2) is 15.0 Å². The highest BCUT2D eigenvalue weighted by Crippen LogP contribution is 2.44. The van der Waals surface area contributed by atoms with E-state index in [2.05, 4.69) is 144 Å². The zero-order valence-corrected chi connectivity index (χ0v) is 32.5. The molecule has 9 aromatic carbocycles. The van der Waals surface area contributed by atoms with Crippen LogP contribution in [-0.2, 0) is 0 Å². The van der Waals surface area contributed by atoms with Crippen LogP contribution in [0.15, 0.2) is 223 Å². The summed E-state index contributed by atoms with van der Waals surface area (Å²) in [5.41, 5.74) is 12.2. The fraction of sp³-hybridized carbons (Fsp3) is 0. The minimum Gasteiger partial charge on any atom is -0.456 e. The normalized spacial score (nSPS) is 11.3. The van der Waals surface area contributed by atoms with E-state index < -0.39 is 0 Å². The SMILES string of the molecule is c1ccc(-c2ccc(N(c3ccccc3)c3cc(-c4ccc5cc(-c6nc(-c7ccccc7)nc(-c7ccccc7)n6)ccc5c4)c4c(c3)oc3ccccc34)cc2)cc1. The van der Waals surface area contributed by atoms with Crippen molar-refractivity contribution in [2.24, 2.45) is 0 Å². The van der Waals surface area contributed by atoms with Gasteiger partial charge >= 0.3 is 0 Å². The van der Waals surface area contributed by atoms with E-state index in [4.69, 9.17) is 19.4 Å². The van der Waals surface area contributed by atoms with E-state index in [0.717, 1.165) is 77.6 Å². The van der Waals surface area contributed by atoms with Crippen LogP contribution in [-0.4, -0.2) is 15.0 Å². The molecule has 2 aromatic heterocycles. The molecule has 0 unspecified atom stereocenters. The second kappa shape index (κ2) is 15.0. The maximum absolute atomic E-state index is 6.64. The number of aromatic nitrogens is 3. The molecule has 2 heterocycles. The lowest BCUT2D eigenvalue weighted by Crippen LogP contribution is -2.10. The maximum atomic E-state index is 6.64. The highest BCUT2D eigenvalue weighted by molar-refractivity contribution is 6.14. The molecule has 0 aliphatic heterocycles. The molecule has 0 spiro atoms. The molecular weight excluding hydrogens is 733 g/mol. The average Bonchev–Trinajstić information content (AvgIpc) is 3.71. The van der Waals surface area contributed by atoms with E-state index in [1.807, 2.05) is 78.9 Å². The van der Waals surface area contributed by atoms with Gasteiger partial charge in [-0.1, -0.05) is 164 Å². The monoisotopic (exact) mass is 768 g/mol. The van der Waals surface area contributed by atoms with E-state index in [0.29, 0.717) is 17.5 Å². The highest BCUT2D eigenvalue weighted by atomic mass is 16.3. The van der Waals surface area contributed by atoms with E-state index >= 15 is 0 Å². The molecule has 60 heavy (non-hydrogen) atoms. The third-order valence-electron chi connectivity index (χ3n) is 11.1. The van der Waals surface area contributed by atoms with Crippen molar-refractivity contribution in [1.29, 1.82) is 0 Å². The molecule has 0 atom stereocenters. The zero-order valence-electron chi connectivity index (χ0n) is 32.5.